The number of ether oxygens (including phenoxy) is 1. The summed E-state index contributed by atoms with van der Waals surface area (Å²) in [5.74, 6) is 6.73. The molecule has 0 aromatic heterocycles. The number of hydrogen-bond donors (Lipinski definition) is 2. The van der Waals surface area contributed by atoms with E-state index in [4.69, 9.17) is 10.6 Å². The lowest BCUT2D eigenvalue weighted by Gasteiger charge is -2.22. The normalized spacial score (nSPS) is 20.4. The molecule has 3 nitrogen and oxygen atoms in total. The summed E-state index contributed by atoms with van der Waals surface area (Å²) in [6.45, 7) is 2.69. The zero-order valence-corrected chi connectivity index (χ0v) is 12.4. The molecular formula is C17H26N2O. The molecule has 1 aliphatic rings. The van der Waals surface area contributed by atoms with E-state index in [9.17, 15) is 0 Å². The average Bonchev–Trinajstić information content (AvgIpc) is 2.42. The van der Waals surface area contributed by atoms with Gasteiger partial charge in [0.1, 0.15) is 5.75 Å². The molecule has 0 fully saturated rings. The summed E-state index contributed by atoms with van der Waals surface area (Å²) in [5.41, 5.74) is 5.58. The molecule has 1 atom stereocenters. The van der Waals surface area contributed by atoms with Crippen LogP contribution in [0.5, 0.6) is 5.75 Å². The van der Waals surface area contributed by atoms with Gasteiger partial charge in [-0.1, -0.05) is 36.6 Å². The van der Waals surface area contributed by atoms with Crippen molar-refractivity contribution in [2.45, 2.75) is 51.5 Å². The molecule has 1 unspecified atom stereocenters. The van der Waals surface area contributed by atoms with Crippen LogP contribution in [0.4, 0.5) is 0 Å². The van der Waals surface area contributed by atoms with Gasteiger partial charge >= 0.3 is 0 Å². The molecule has 0 radical (unpaired) electrons. The summed E-state index contributed by atoms with van der Waals surface area (Å²) >= 11 is 0. The highest BCUT2D eigenvalue weighted by Gasteiger charge is 2.16. The Balaban J connectivity index is 2.19. The van der Waals surface area contributed by atoms with Gasteiger partial charge in [-0.15, -0.1) is 0 Å². The number of hydrazine groups is 1. The Labute approximate surface area is 122 Å². The third-order valence-electron chi connectivity index (χ3n) is 3.87. The van der Waals surface area contributed by atoms with Crippen molar-refractivity contribution in [3.8, 4) is 5.75 Å². The van der Waals surface area contributed by atoms with Crippen LogP contribution in [0.1, 0.15) is 57.1 Å². The Kier molecular flexibility index (Phi) is 6.09. The van der Waals surface area contributed by atoms with Crippen LogP contribution in [-0.2, 0) is 0 Å². The Morgan fingerprint density at radius 3 is 2.90 bits per heavy atom. The van der Waals surface area contributed by atoms with Gasteiger partial charge in [-0.05, 0) is 50.3 Å². The van der Waals surface area contributed by atoms with Crippen molar-refractivity contribution in [2.24, 2.45) is 5.84 Å². The standard InChI is InChI=1S/C17H26N2O/c1-2-20-16-12-8-11-15(13-16)17(19-18)14-9-6-4-3-5-7-10-14/h8-9,11-13,17,19H,2-7,10,18H2,1H3/b14-9+. The topological polar surface area (TPSA) is 47.3 Å². The first-order chi connectivity index (χ1) is 9.85. The summed E-state index contributed by atoms with van der Waals surface area (Å²) in [4.78, 5) is 0. The molecule has 1 aromatic carbocycles. The molecule has 0 spiro atoms. The minimum Gasteiger partial charge on any atom is -0.494 e. The molecule has 3 N–H and O–H groups in total. The summed E-state index contributed by atoms with van der Waals surface area (Å²) in [6.07, 6.45) is 9.90. The van der Waals surface area contributed by atoms with E-state index < -0.39 is 0 Å². The lowest BCUT2D eigenvalue weighted by atomic mass is 9.91. The minimum absolute atomic E-state index is 0.105. The van der Waals surface area contributed by atoms with E-state index in [2.05, 4.69) is 23.6 Å². The molecule has 0 bridgehead atoms. The Morgan fingerprint density at radius 1 is 1.25 bits per heavy atom. The summed E-state index contributed by atoms with van der Waals surface area (Å²) in [5, 5.41) is 0. The fourth-order valence-corrected chi connectivity index (χ4v) is 2.85. The van der Waals surface area contributed by atoms with E-state index in [-0.39, 0.29) is 6.04 Å². The van der Waals surface area contributed by atoms with Crippen LogP contribution in [0.15, 0.2) is 35.9 Å². The monoisotopic (exact) mass is 274 g/mol. The predicted molar refractivity (Wildman–Crippen MR) is 83.5 cm³/mol. The van der Waals surface area contributed by atoms with E-state index in [1.165, 1.54) is 43.2 Å². The van der Waals surface area contributed by atoms with Crippen LogP contribution in [-0.4, -0.2) is 6.61 Å². The average molecular weight is 274 g/mol. The van der Waals surface area contributed by atoms with E-state index >= 15 is 0 Å². The zero-order chi connectivity index (χ0) is 14.2. The molecule has 0 heterocycles. The van der Waals surface area contributed by atoms with Crippen LogP contribution in [0.2, 0.25) is 0 Å². The Morgan fingerprint density at radius 2 is 2.10 bits per heavy atom. The summed E-state index contributed by atoms with van der Waals surface area (Å²) in [6, 6.07) is 8.34. The van der Waals surface area contributed by atoms with Gasteiger partial charge in [0.2, 0.25) is 0 Å². The predicted octanol–water partition coefficient (Wildman–Crippen LogP) is 3.87. The highest BCUT2D eigenvalue weighted by atomic mass is 16.5. The van der Waals surface area contributed by atoms with Crippen LogP contribution < -0.4 is 16.0 Å². The smallest absolute Gasteiger partial charge is 0.119 e. The van der Waals surface area contributed by atoms with Gasteiger partial charge in [-0.2, -0.15) is 0 Å². The number of allylic oxidation sites excluding steroid dienone is 1. The van der Waals surface area contributed by atoms with Crippen LogP contribution in [0, 0.1) is 0 Å². The minimum atomic E-state index is 0.105. The van der Waals surface area contributed by atoms with Gasteiger partial charge in [0.25, 0.3) is 0 Å². The third kappa shape index (κ3) is 4.09. The number of nitrogens with one attached hydrogen (secondary N) is 1. The molecule has 20 heavy (non-hydrogen) atoms. The lowest BCUT2D eigenvalue weighted by Crippen LogP contribution is -2.29. The van der Waals surface area contributed by atoms with Crippen LogP contribution in [0.25, 0.3) is 0 Å². The van der Waals surface area contributed by atoms with Gasteiger partial charge < -0.3 is 4.74 Å². The maximum Gasteiger partial charge on any atom is 0.119 e. The number of benzene rings is 1. The molecule has 1 aliphatic carbocycles. The maximum absolute atomic E-state index is 5.82. The highest BCUT2D eigenvalue weighted by molar-refractivity contribution is 5.35. The summed E-state index contributed by atoms with van der Waals surface area (Å²) < 4.78 is 5.59. The van der Waals surface area contributed by atoms with E-state index in [1.54, 1.807) is 0 Å². The van der Waals surface area contributed by atoms with Crippen molar-refractivity contribution in [2.75, 3.05) is 6.61 Å². The van der Waals surface area contributed by atoms with Crippen LogP contribution >= 0.6 is 0 Å². The second-order valence-corrected chi connectivity index (χ2v) is 5.34. The molecule has 110 valence electrons. The maximum atomic E-state index is 5.82. The van der Waals surface area contributed by atoms with Gasteiger partial charge in [0, 0.05) is 0 Å². The van der Waals surface area contributed by atoms with Gasteiger partial charge in [0.05, 0.1) is 12.6 Å². The van der Waals surface area contributed by atoms with Crippen molar-refractivity contribution in [3.05, 3.63) is 41.5 Å². The second kappa shape index (κ2) is 8.08. The number of hydrogen-bond acceptors (Lipinski definition) is 3. The van der Waals surface area contributed by atoms with Crippen molar-refractivity contribution < 1.29 is 4.74 Å². The molecule has 0 aliphatic heterocycles. The van der Waals surface area contributed by atoms with E-state index in [1.807, 2.05) is 19.1 Å². The van der Waals surface area contributed by atoms with Crippen molar-refractivity contribution in [3.63, 3.8) is 0 Å². The largest absolute Gasteiger partial charge is 0.494 e. The quantitative estimate of drug-likeness (QED) is 0.487. The second-order valence-electron chi connectivity index (χ2n) is 5.34. The molecule has 0 saturated heterocycles. The first kappa shape index (κ1) is 15.1. The van der Waals surface area contributed by atoms with Gasteiger partial charge in [0.15, 0.2) is 0 Å². The molecule has 1 aromatic rings. The first-order valence-electron chi connectivity index (χ1n) is 7.73. The SMILES string of the molecule is CCOc1cccc(C(NN)/C2=C/CCCCCC2)c1. The van der Waals surface area contributed by atoms with Gasteiger partial charge in [-0.25, -0.2) is 5.43 Å². The van der Waals surface area contributed by atoms with Gasteiger partial charge in [-0.3, -0.25) is 5.84 Å². The first-order valence-corrected chi connectivity index (χ1v) is 7.73. The third-order valence-corrected chi connectivity index (χ3v) is 3.87. The fraction of sp³-hybridized carbons (Fsp3) is 0.529. The van der Waals surface area contributed by atoms with Crippen molar-refractivity contribution >= 4 is 0 Å². The van der Waals surface area contributed by atoms with Crippen LogP contribution in [0.3, 0.4) is 0 Å². The molecule has 0 saturated carbocycles. The lowest BCUT2D eigenvalue weighted by molar-refractivity contribution is 0.339. The number of rotatable bonds is 5. The summed E-state index contributed by atoms with van der Waals surface area (Å²) in [7, 11) is 0. The van der Waals surface area contributed by atoms with E-state index in [0.717, 1.165) is 12.2 Å². The van der Waals surface area contributed by atoms with Crippen molar-refractivity contribution in [1.82, 2.24) is 5.43 Å². The fourth-order valence-electron chi connectivity index (χ4n) is 2.85. The number of nitrogens with two attached hydrogens (primary N) is 1. The Bertz CT molecular complexity index is 442. The molecule has 3 heteroatoms. The van der Waals surface area contributed by atoms with Crippen molar-refractivity contribution in [1.29, 1.82) is 0 Å². The Hall–Kier alpha value is -1.32. The molecular weight excluding hydrogens is 248 g/mol. The van der Waals surface area contributed by atoms with E-state index in [0.29, 0.717) is 6.61 Å². The zero-order valence-electron chi connectivity index (χ0n) is 12.4. The molecule has 0 amide bonds. The highest BCUT2D eigenvalue weighted by Crippen LogP contribution is 2.29. The molecule has 2 rings (SSSR count).